The van der Waals surface area contributed by atoms with Crippen molar-refractivity contribution in [3.05, 3.63) is 31.0 Å². The molecule has 0 radical (unpaired) electrons. The Labute approximate surface area is 73.9 Å². The van der Waals surface area contributed by atoms with Crippen molar-refractivity contribution in [1.82, 2.24) is 0 Å². The zero-order valence-electron chi connectivity index (χ0n) is 7.59. The lowest BCUT2D eigenvalue weighted by molar-refractivity contribution is 0.0535. The Balaban J connectivity index is 3.03. The highest BCUT2D eigenvalue weighted by Gasteiger charge is 2.47. The van der Waals surface area contributed by atoms with Gasteiger partial charge >= 0.3 is 7.69 Å². The molecule has 1 heterocycles. The summed E-state index contributed by atoms with van der Waals surface area (Å²) in [6, 6.07) is 0. The van der Waals surface area contributed by atoms with Crippen molar-refractivity contribution in [3.8, 4) is 0 Å². The molecule has 1 aliphatic rings. The highest BCUT2D eigenvalue weighted by Crippen LogP contribution is 2.36. The van der Waals surface area contributed by atoms with E-state index in [1.54, 1.807) is 12.2 Å². The van der Waals surface area contributed by atoms with E-state index in [0.717, 1.165) is 0 Å². The van der Waals surface area contributed by atoms with E-state index in [-0.39, 0.29) is 7.69 Å². The van der Waals surface area contributed by atoms with Crippen LogP contribution in [0.3, 0.4) is 0 Å². The maximum atomic E-state index is 5.44. The summed E-state index contributed by atoms with van der Waals surface area (Å²) in [6.07, 6.45) is 3.51. The lowest BCUT2D eigenvalue weighted by atomic mass is 9.86. The van der Waals surface area contributed by atoms with Gasteiger partial charge < -0.3 is 9.31 Å². The molecule has 0 N–H and O–H groups in total. The van der Waals surface area contributed by atoms with Crippen molar-refractivity contribution >= 4 is 7.69 Å². The van der Waals surface area contributed by atoms with E-state index in [2.05, 4.69) is 18.9 Å². The SMILES string of the molecule is C=C=C[C@]1(C)OBO[C@]1(C)C=C. The molecule has 0 unspecified atom stereocenters. The molecule has 0 aromatic heterocycles. The first-order valence-electron chi connectivity index (χ1n) is 3.86. The van der Waals surface area contributed by atoms with Crippen molar-refractivity contribution in [3.63, 3.8) is 0 Å². The summed E-state index contributed by atoms with van der Waals surface area (Å²) in [4.78, 5) is 0. The molecule has 2 nitrogen and oxygen atoms in total. The Kier molecular flexibility index (Phi) is 2.29. The molecule has 0 aromatic carbocycles. The maximum Gasteiger partial charge on any atom is 0.439 e. The molecule has 1 rings (SSSR count). The molecule has 3 heteroatoms. The molecule has 1 saturated heterocycles. The van der Waals surface area contributed by atoms with Gasteiger partial charge in [-0.25, -0.2) is 0 Å². The second kappa shape index (κ2) is 2.94. The predicted octanol–water partition coefficient (Wildman–Crippen LogP) is 1.34. The minimum atomic E-state index is -0.490. The van der Waals surface area contributed by atoms with Crippen LogP contribution in [-0.4, -0.2) is 18.9 Å². The summed E-state index contributed by atoms with van der Waals surface area (Å²) >= 11 is 0. The van der Waals surface area contributed by atoms with Crippen LogP contribution in [0, 0.1) is 0 Å². The van der Waals surface area contributed by atoms with Crippen LogP contribution in [0.4, 0.5) is 0 Å². The second-order valence-electron chi connectivity index (χ2n) is 3.17. The fourth-order valence-electron chi connectivity index (χ4n) is 1.20. The molecule has 1 fully saturated rings. The highest BCUT2D eigenvalue weighted by molar-refractivity contribution is 6.19. The van der Waals surface area contributed by atoms with Gasteiger partial charge in [0.05, 0.1) is 0 Å². The minimum Gasteiger partial charge on any atom is -0.402 e. The summed E-state index contributed by atoms with van der Waals surface area (Å²) in [7, 11) is 0.289. The smallest absolute Gasteiger partial charge is 0.402 e. The molecule has 0 spiro atoms. The van der Waals surface area contributed by atoms with Crippen LogP contribution in [0.15, 0.2) is 31.0 Å². The van der Waals surface area contributed by atoms with Gasteiger partial charge in [-0.05, 0) is 19.9 Å². The second-order valence-corrected chi connectivity index (χ2v) is 3.17. The summed E-state index contributed by atoms with van der Waals surface area (Å²) in [5.74, 6) is 0. The van der Waals surface area contributed by atoms with E-state index < -0.39 is 11.2 Å². The fourth-order valence-corrected chi connectivity index (χ4v) is 1.20. The Morgan fingerprint density at radius 1 is 1.33 bits per heavy atom. The van der Waals surface area contributed by atoms with E-state index in [1.165, 1.54) is 0 Å². The van der Waals surface area contributed by atoms with E-state index >= 15 is 0 Å². The number of rotatable bonds is 2. The molecule has 0 aliphatic carbocycles. The van der Waals surface area contributed by atoms with Crippen LogP contribution in [-0.2, 0) is 9.31 Å². The van der Waals surface area contributed by atoms with Crippen LogP contribution < -0.4 is 0 Å². The Hall–Kier alpha value is -0.755. The fraction of sp³-hybridized carbons (Fsp3) is 0.444. The van der Waals surface area contributed by atoms with Gasteiger partial charge in [0.1, 0.15) is 11.2 Å². The average Bonchev–Trinajstić information content (AvgIpc) is 2.30. The molecular weight excluding hydrogens is 151 g/mol. The van der Waals surface area contributed by atoms with Crippen molar-refractivity contribution in [2.45, 2.75) is 25.0 Å². The van der Waals surface area contributed by atoms with Crippen LogP contribution in [0.25, 0.3) is 0 Å². The molecular formula is C9H13BO2. The van der Waals surface area contributed by atoms with Gasteiger partial charge in [-0.3, -0.25) is 0 Å². The third kappa shape index (κ3) is 1.16. The zero-order valence-corrected chi connectivity index (χ0v) is 7.59. The third-order valence-corrected chi connectivity index (χ3v) is 2.47. The van der Waals surface area contributed by atoms with Gasteiger partial charge in [0.15, 0.2) is 0 Å². The first kappa shape index (κ1) is 9.33. The van der Waals surface area contributed by atoms with E-state index in [4.69, 9.17) is 9.31 Å². The molecule has 0 saturated carbocycles. The van der Waals surface area contributed by atoms with Crippen LogP contribution >= 0.6 is 0 Å². The summed E-state index contributed by atoms with van der Waals surface area (Å²) in [5.41, 5.74) is 1.75. The largest absolute Gasteiger partial charge is 0.439 e. The molecule has 0 bridgehead atoms. The number of hydrogen-bond acceptors (Lipinski definition) is 2. The first-order valence-corrected chi connectivity index (χ1v) is 3.86. The van der Waals surface area contributed by atoms with Gasteiger partial charge in [0.25, 0.3) is 0 Å². The standard InChI is InChI=1S/C9H13BO2/c1-5-7-9(4)8(3,6-2)11-10-12-9/h6-7,10H,1-2H2,3-4H3/t8-,9+/m1/s1. The quantitative estimate of drug-likeness (QED) is 0.348. The zero-order chi connectivity index (χ0) is 9.24. The Morgan fingerprint density at radius 2 is 1.92 bits per heavy atom. The Morgan fingerprint density at radius 3 is 2.42 bits per heavy atom. The minimum absolute atomic E-state index is 0.289. The van der Waals surface area contributed by atoms with Crippen molar-refractivity contribution in [2.75, 3.05) is 0 Å². The van der Waals surface area contributed by atoms with Gasteiger partial charge in [0.2, 0.25) is 0 Å². The summed E-state index contributed by atoms with van der Waals surface area (Å²) < 4.78 is 10.9. The van der Waals surface area contributed by atoms with Crippen molar-refractivity contribution in [1.29, 1.82) is 0 Å². The van der Waals surface area contributed by atoms with Crippen molar-refractivity contribution < 1.29 is 9.31 Å². The monoisotopic (exact) mass is 164 g/mol. The predicted molar refractivity (Wildman–Crippen MR) is 50.0 cm³/mol. The van der Waals surface area contributed by atoms with Gasteiger partial charge in [-0.1, -0.05) is 12.7 Å². The Bertz CT molecular complexity index is 245. The first-order chi connectivity index (χ1) is 5.58. The summed E-state index contributed by atoms with van der Waals surface area (Å²) in [5, 5.41) is 0. The molecule has 1 aliphatic heterocycles. The lowest BCUT2D eigenvalue weighted by Gasteiger charge is -2.33. The van der Waals surface area contributed by atoms with Gasteiger partial charge in [-0.2, -0.15) is 0 Å². The average molecular weight is 164 g/mol. The van der Waals surface area contributed by atoms with E-state index in [9.17, 15) is 0 Å². The van der Waals surface area contributed by atoms with Crippen molar-refractivity contribution in [2.24, 2.45) is 0 Å². The number of hydrogen-bond donors (Lipinski definition) is 0. The molecule has 2 atom stereocenters. The van der Waals surface area contributed by atoms with Crippen LogP contribution in [0.1, 0.15) is 13.8 Å². The lowest BCUT2D eigenvalue weighted by Crippen LogP contribution is -2.43. The maximum absolute atomic E-state index is 5.44. The topological polar surface area (TPSA) is 18.5 Å². The van der Waals surface area contributed by atoms with Gasteiger partial charge in [-0.15, -0.1) is 12.3 Å². The molecule has 12 heavy (non-hydrogen) atoms. The highest BCUT2D eigenvalue weighted by atomic mass is 16.7. The molecule has 0 amide bonds. The van der Waals surface area contributed by atoms with Crippen LogP contribution in [0.2, 0.25) is 0 Å². The van der Waals surface area contributed by atoms with Crippen LogP contribution in [0.5, 0.6) is 0 Å². The van der Waals surface area contributed by atoms with E-state index in [1.807, 2.05) is 13.8 Å². The van der Waals surface area contributed by atoms with Gasteiger partial charge in [0, 0.05) is 0 Å². The summed E-state index contributed by atoms with van der Waals surface area (Å²) in [6.45, 7) is 11.1. The normalized spacial score (nSPS) is 39.8. The molecule has 64 valence electrons. The van der Waals surface area contributed by atoms with E-state index in [0.29, 0.717) is 0 Å². The molecule has 0 aromatic rings. The third-order valence-electron chi connectivity index (χ3n) is 2.47.